The Morgan fingerprint density at radius 1 is 0.944 bits per heavy atom. The van der Waals surface area contributed by atoms with Gasteiger partial charge in [-0.15, -0.1) is 11.8 Å². The second-order valence-corrected chi connectivity index (χ2v) is 16.0. The van der Waals surface area contributed by atoms with Crippen LogP contribution in [0.2, 0.25) is 0 Å². The number of carbonyl (C=O) groups is 6. The zero-order valence-corrected chi connectivity index (χ0v) is 32.2. The number of aromatic amines is 1. The number of benzene rings is 1. The Morgan fingerprint density at radius 3 is 2.30 bits per heavy atom. The van der Waals surface area contributed by atoms with Crippen LogP contribution in [0.5, 0.6) is 0 Å². The molecule has 18 heteroatoms. The summed E-state index contributed by atoms with van der Waals surface area (Å²) in [5, 5.41) is 8.74. The smallest absolute Gasteiger partial charge is 0.246 e. The van der Waals surface area contributed by atoms with Gasteiger partial charge in [-0.25, -0.2) is 0 Å². The van der Waals surface area contributed by atoms with Crippen molar-refractivity contribution in [2.45, 2.75) is 95.4 Å². The average molecular weight is 770 g/mol. The van der Waals surface area contributed by atoms with Crippen LogP contribution in [0.3, 0.4) is 0 Å². The molecule has 0 spiro atoms. The molecule has 17 nitrogen and oxygen atoms in total. The number of amides is 6. The van der Waals surface area contributed by atoms with Gasteiger partial charge in [-0.2, -0.15) is 0 Å². The number of aromatic nitrogens is 1. The fraction of sp³-hybridized carbons (Fsp3) is 0.583. The minimum absolute atomic E-state index is 0.0405. The van der Waals surface area contributed by atoms with Crippen molar-refractivity contribution >= 4 is 64.1 Å². The van der Waals surface area contributed by atoms with E-state index in [0.29, 0.717) is 25.0 Å². The average Bonchev–Trinajstić information content (AvgIpc) is 3.50. The number of aliphatic imine (C=N–C) groups is 1. The highest BCUT2D eigenvalue weighted by atomic mass is 32.2. The number of nitrogens with two attached hydrogens (primary N) is 4. The highest BCUT2D eigenvalue weighted by molar-refractivity contribution is 8.00. The third-order valence-electron chi connectivity index (χ3n) is 9.38. The lowest BCUT2D eigenvalue weighted by Gasteiger charge is -2.49. The van der Waals surface area contributed by atoms with Crippen LogP contribution >= 0.6 is 11.8 Å². The van der Waals surface area contributed by atoms with Crippen molar-refractivity contribution in [3.05, 3.63) is 36.0 Å². The molecule has 2 aromatic rings. The number of rotatable bonds is 18. The van der Waals surface area contributed by atoms with Crippen molar-refractivity contribution < 1.29 is 28.8 Å². The molecule has 2 aliphatic rings. The zero-order valence-electron chi connectivity index (χ0n) is 31.4. The van der Waals surface area contributed by atoms with Crippen molar-refractivity contribution in [3.63, 3.8) is 0 Å². The van der Waals surface area contributed by atoms with Crippen molar-refractivity contribution in [2.75, 3.05) is 25.4 Å². The molecule has 4 rings (SSSR count). The number of nitrogens with zero attached hydrogens (tertiary/aromatic N) is 3. The van der Waals surface area contributed by atoms with Crippen molar-refractivity contribution in [3.8, 4) is 0 Å². The van der Waals surface area contributed by atoms with Crippen LogP contribution in [0, 0.1) is 11.8 Å². The minimum atomic E-state index is -1.18. The largest absolute Gasteiger partial charge is 0.370 e. The molecular weight excluding hydrogens is 715 g/mol. The highest BCUT2D eigenvalue weighted by Crippen LogP contribution is 2.33. The van der Waals surface area contributed by atoms with Gasteiger partial charge in [-0.3, -0.25) is 33.8 Å². The van der Waals surface area contributed by atoms with E-state index in [4.69, 9.17) is 22.9 Å². The van der Waals surface area contributed by atoms with E-state index >= 15 is 0 Å². The van der Waals surface area contributed by atoms with Gasteiger partial charge >= 0.3 is 0 Å². The van der Waals surface area contributed by atoms with E-state index < -0.39 is 53.8 Å². The van der Waals surface area contributed by atoms with Crippen LogP contribution in [0.25, 0.3) is 10.9 Å². The van der Waals surface area contributed by atoms with Gasteiger partial charge in [0.25, 0.3) is 0 Å². The third kappa shape index (κ3) is 11.1. The Morgan fingerprint density at radius 2 is 1.63 bits per heavy atom. The maximum absolute atomic E-state index is 14.2. The summed E-state index contributed by atoms with van der Waals surface area (Å²) < 4.78 is 0. The molecule has 3 heterocycles. The quantitative estimate of drug-likeness (QED) is 0.0533. The van der Waals surface area contributed by atoms with E-state index in [1.165, 1.54) is 16.7 Å². The molecular formula is C36H55N11O6S. The first-order valence-electron chi connectivity index (χ1n) is 18.3. The Balaban J connectivity index is 1.58. The Labute approximate surface area is 319 Å². The van der Waals surface area contributed by atoms with E-state index in [2.05, 4.69) is 25.9 Å². The first-order chi connectivity index (χ1) is 25.5. The van der Waals surface area contributed by atoms with Gasteiger partial charge in [0.2, 0.25) is 35.4 Å². The summed E-state index contributed by atoms with van der Waals surface area (Å²) in [7, 11) is 0. The summed E-state index contributed by atoms with van der Waals surface area (Å²) in [6.45, 7) is 7.63. The number of hydrogen-bond donors (Lipinski definition) is 8. The molecule has 6 atom stereocenters. The van der Waals surface area contributed by atoms with E-state index in [0.717, 1.165) is 16.5 Å². The maximum atomic E-state index is 14.2. The van der Waals surface area contributed by atoms with Crippen LogP contribution in [-0.4, -0.2) is 117 Å². The lowest BCUT2D eigenvalue weighted by Crippen LogP contribution is -2.68. The van der Waals surface area contributed by atoms with Crippen LogP contribution in [0.4, 0.5) is 0 Å². The van der Waals surface area contributed by atoms with E-state index in [9.17, 15) is 28.8 Å². The second kappa shape index (κ2) is 19.0. The number of fused-ring (bicyclic) bond motifs is 2. The summed E-state index contributed by atoms with van der Waals surface area (Å²) in [5.41, 5.74) is 24.2. The van der Waals surface area contributed by atoms with Crippen molar-refractivity contribution in [1.29, 1.82) is 0 Å². The Bertz CT molecular complexity index is 1710. The summed E-state index contributed by atoms with van der Waals surface area (Å²) in [6.07, 6.45) is 2.90. The Kier molecular flexibility index (Phi) is 14.7. The van der Waals surface area contributed by atoms with Gasteiger partial charge in [0.15, 0.2) is 5.96 Å². The number of H-pyrrole nitrogens is 1. The summed E-state index contributed by atoms with van der Waals surface area (Å²) in [5.74, 6) is -2.84. The molecule has 0 saturated carbocycles. The fourth-order valence-corrected chi connectivity index (χ4v) is 8.05. The van der Waals surface area contributed by atoms with Gasteiger partial charge in [-0.1, -0.05) is 45.9 Å². The number of guanidine groups is 1. The molecule has 0 radical (unpaired) electrons. The molecule has 2 aliphatic heterocycles. The molecule has 1 unspecified atom stereocenters. The van der Waals surface area contributed by atoms with E-state index in [1.54, 1.807) is 11.1 Å². The molecule has 2 saturated heterocycles. The lowest BCUT2D eigenvalue weighted by molar-refractivity contribution is -0.155. The summed E-state index contributed by atoms with van der Waals surface area (Å²) >= 11 is 1.47. The number of hydrogen-bond acceptors (Lipinski definition) is 9. The predicted molar refractivity (Wildman–Crippen MR) is 207 cm³/mol. The van der Waals surface area contributed by atoms with Gasteiger partial charge in [-0.05, 0) is 49.1 Å². The van der Waals surface area contributed by atoms with Gasteiger partial charge < -0.3 is 53.7 Å². The molecule has 1 aromatic carbocycles. The molecule has 0 bridgehead atoms. The number of para-hydroxylation sites is 1. The number of thioether (sulfide) groups is 1. The first-order valence-corrected chi connectivity index (χ1v) is 19.4. The van der Waals surface area contributed by atoms with Crippen LogP contribution in [0.15, 0.2) is 35.5 Å². The van der Waals surface area contributed by atoms with Gasteiger partial charge in [0.1, 0.15) is 24.2 Å². The van der Waals surface area contributed by atoms with Crippen molar-refractivity contribution in [2.24, 2.45) is 39.8 Å². The van der Waals surface area contributed by atoms with Crippen molar-refractivity contribution in [1.82, 2.24) is 30.7 Å². The molecule has 0 aliphatic carbocycles. The first kappa shape index (κ1) is 41.9. The molecule has 2 fully saturated rings. The standard InChI is InChI=1S/C36H55N11O6S/c1-19(2)12-26(31(38)49)45-32(50)25(10-7-11-41-36(39)40)44-33(51)27(14-21-15-42-24-9-6-5-8-22(21)24)43-29(48)16-46-17-30-47(34(52)23(37)18-54-30)28(35(46)53)13-20(3)4/h5-6,8-9,15,19-20,23,25-28,30,42H,7,10-14,16-18,37H2,1-4H3,(H2,38,49)(H,43,48)(H,44,51)(H,45,50)(H4,39,40,41)/t23-,25-,26-,27-,28-,30?/m0/s1. The zero-order chi connectivity index (χ0) is 39.7. The van der Waals surface area contributed by atoms with Gasteiger partial charge in [0.05, 0.1) is 24.5 Å². The monoisotopic (exact) mass is 769 g/mol. The summed E-state index contributed by atoms with van der Waals surface area (Å²) in [4.78, 5) is 90.9. The fourth-order valence-electron chi connectivity index (χ4n) is 6.78. The number of carbonyl (C=O) groups excluding carboxylic acids is 6. The lowest BCUT2D eigenvalue weighted by atomic mass is 9.98. The normalized spacial score (nSPS) is 20.3. The molecule has 1 aromatic heterocycles. The maximum Gasteiger partial charge on any atom is 0.246 e. The van der Waals surface area contributed by atoms with Gasteiger partial charge in [0, 0.05) is 35.8 Å². The molecule has 6 amide bonds. The Hall–Kier alpha value is -4.84. The van der Waals surface area contributed by atoms with E-state index in [1.807, 2.05) is 52.0 Å². The highest BCUT2D eigenvalue weighted by Gasteiger charge is 2.47. The summed E-state index contributed by atoms with van der Waals surface area (Å²) in [6, 6.07) is 2.73. The number of nitrogens with one attached hydrogen (secondary N) is 4. The minimum Gasteiger partial charge on any atom is -0.370 e. The molecule has 54 heavy (non-hydrogen) atoms. The predicted octanol–water partition coefficient (Wildman–Crippen LogP) is -0.764. The van der Waals surface area contributed by atoms with Crippen LogP contribution < -0.4 is 38.9 Å². The van der Waals surface area contributed by atoms with E-state index in [-0.39, 0.29) is 67.5 Å². The SMILES string of the molecule is CC(C)C[C@H](NC(=O)[C@H](CCCN=C(N)N)NC(=O)[C@H](Cc1c[nH]c2ccccc12)NC(=O)CN1CC2SC[C@H](N)C(=O)N2[C@@H](CC(C)C)C1=O)C(N)=O. The molecule has 12 N–H and O–H groups in total. The van der Waals surface area contributed by atoms with Crippen LogP contribution in [-0.2, 0) is 35.2 Å². The molecule has 296 valence electrons. The topological polar surface area (TPSA) is 277 Å². The number of piperazine rings is 1. The second-order valence-electron chi connectivity index (χ2n) is 14.8. The third-order valence-corrected chi connectivity index (χ3v) is 10.7. The number of primary amides is 1. The van der Waals surface area contributed by atoms with Crippen LogP contribution in [0.1, 0.15) is 58.9 Å².